The lowest BCUT2D eigenvalue weighted by atomic mass is 9.98. The molecule has 0 spiro atoms. The quantitative estimate of drug-likeness (QED) is 0.781. The normalized spacial score (nSPS) is 30.5. The van der Waals surface area contributed by atoms with Crippen LogP contribution in [0.15, 0.2) is 0 Å². The van der Waals surface area contributed by atoms with E-state index in [1.54, 1.807) is 0 Å². The molecule has 0 aromatic carbocycles. The third-order valence-electron chi connectivity index (χ3n) is 3.99. The molecule has 2 saturated heterocycles. The van der Waals surface area contributed by atoms with Crippen LogP contribution in [0.3, 0.4) is 0 Å². The Kier molecular flexibility index (Phi) is 4.40. The fraction of sp³-hybridized carbons (Fsp3) is 0.923. The third kappa shape index (κ3) is 3.42. The molecular formula is C13H25N3O. The number of likely N-dealkylation sites (N-methyl/N-ethyl adjacent to an activating group) is 1. The van der Waals surface area contributed by atoms with E-state index in [-0.39, 0.29) is 11.9 Å². The molecule has 2 fully saturated rings. The average molecular weight is 239 g/mol. The summed E-state index contributed by atoms with van der Waals surface area (Å²) in [5, 5.41) is 3.28. The summed E-state index contributed by atoms with van der Waals surface area (Å²) in [5.74, 6) is 0.944. The van der Waals surface area contributed by atoms with Gasteiger partial charge in [0.15, 0.2) is 0 Å². The summed E-state index contributed by atoms with van der Waals surface area (Å²) in [6, 6.07) is 0.0846. The molecule has 0 bridgehead atoms. The van der Waals surface area contributed by atoms with Gasteiger partial charge in [-0.2, -0.15) is 0 Å². The summed E-state index contributed by atoms with van der Waals surface area (Å²) in [7, 11) is 4.13. The number of piperidine rings is 1. The van der Waals surface area contributed by atoms with Crippen molar-refractivity contribution in [3.8, 4) is 0 Å². The van der Waals surface area contributed by atoms with Crippen molar-refractivity contribution in [3.05, 3.63) is 0 Å². The lowest BCUT2D eigenvalue weighted by Gasteiger charge is -2.33. The van der Waals surface area contributed by atoms with E-state index < -0.39 is 0 Å². The molecule has 0 radical (unpaired) electrons. The Labute approximate surface area is 104 Å². The van der Waals surface area contributed by atoms with E-state index in [2.05, 4.69) is 17.3 Å². The first-order chi connectivity index (χ1) is 8.16. The van der Waals surface area contributed by atoms with E-state index in [0.717, 1.165) is 32.5 Å². The van der Waals surface area contributed by atoms with Gasteiger partial charge in [-0.05, 0) is 51.7 Å². The lowest BCUT2D eigenvalue weighted by molar-refractivity contribution is -0.132. The van der Waals surface area contributed by atoms with Crippen LogP contribution in [0.25, 0.3) is 0 Å². The monoisotopic (exact) mass is 239 g/mol. The molecule has 0 aliphatic carbocycles. The molecular weight excluding hydrogens is 214 g/mol. The maximum atomic E-state index is 12.2. The van der Waals surface area contributed by atoms with Crippen LogP contribution in [-0.2, 0) is 4.79 Å². The van der Waals surface area contributed by atoms with Crippen LogP contribution in [0.2, 0.25) is 0 Å². The Morgan fingerprint density at radius 2 is 2.24 bits per heavy atom. The Balaban J connectivity index is 1.79. The number of hydrogen-bond donors (Lipinski definition) is 1. The number of likely N-dealkylation sites (tertiary alicyclic amines) is 1. The molecule has 2 atom stereocenters. The summed E-state index contributed by atoms with van der Waals surface area (Å²) >= 11 is 0. The smallest absolute Gasteiger partial charge is 0.239 e. The van der Waals surface area contributed by atoms with Gasteiger partial charge in [0.25, 0.3) is 0 Å². The predicted octanol–water partition coefficient (Wildman–Crippen LogP) is 0.539. The molecule has 17 heavy (non-hydrogen) atoms. The van der Waals surface area contributed by atoms with E-state index >= 15 is 0 Å². The zero-order valence-corrected chi connectivity index (χ0v) is 11.1. The van der Waals surface area contributed by atoms with Crippen LogP contribution in [0.1, 0.15) is 25.7 Å². The largest absolute Gasteiger partial charge is 0.344 e. The van der Waals surface area contributed by atoms with Crippen molar-refractivity contribution >= 4 is 5.91 Å². The molecule has 0 aromatic heterocycles. The second-order valence-electron chi connectivity index (χ2n) is 5.64. The van der Waals surface area contributed by atoms with E-state index in [1.807, 2.05) is 11.9 Å². The van der Waals surface area contributed by atoms with E-state index in [9.17, 15) is 4.79 Å². The average Bonchev–Trinajstić information content (AvgIpc) is 2.81. The van der Waals surface area contributed by atoms with Crippen molar-refractivity contribution in [2.24, 2.45) is 5.92 Å². The summed E-state index contributed by atoms with van der Waals surface area (Å²) < 4.78 is 0. The highest BCUT2D eigenvalue weighted by Gasteiger charge is 2.27. The summed E-state index contributed by atoms with van der Waals surface area (Å²) in [5.41, 5.74) is 0. The molecule has 0 aromatic rings. The van der Waals surface area contributed by atoms with Gasteiger partial charge in [0.05, 0.1) is 6.04 Å². The van der Waals surface area contributed by atoms with Crippen LogP contribution in [-0.4, -0.2) is 62.0 Å². The van der Waals surface area contributed by atoms with Gasteiger partial charge in [-0.1, -0.05) is 0 Å². The molecule has 98 valence electrons. The standard InChI is InChI=1S/C13H25N3O/c1-15-8-4-5-11(9-15)10-16(2)13(17)12-6-3-7-14-12/h11-12,14H,3-10H2,1-2H3/t11?,12-/m0/s1. The van der Waals surface area contributed by atoms with Gasteiger partial charge >= 0.3 is 0 Å². The molecule has 1 amide bonds. The molecule has 1 N–H and O–H groups in total. The van der Waals surface area contributed by atoms with Gasteiger partial charge in [-0.3, -0.25) is 4.79 Å². The maximum Gasteiger partial charge on any atom is 0.239 e. The maximum absolute atomic E-state index is 12.2. The summed E-state index contributed by atoms with van der Waals surface area (Å²) in [4.78, 5) is 16.5. The van der Waals surface area contributed by atoms with Gasteiger partial charge in [-0.25, -0.2) is 0 Å². The van der Waals surface area contributed by atoms with Gasteiger partial charge in [0.2, 0.25) is 5.91 Å². The Morgan fingerprint density at radius 1 is 1.41 bits per heavy atom. The first-order valence-electron chi connectivity index (χ1n) is 6.83. The number of carbonyl (C=O) groups is 1. The van der Waals surface area contributed by atoms with Crippen LogP contribution >= 0.6 is 0 Å². The van der Waals surface area contributed by atoms with Crippen molar-refractivity contribution in [2.45, 2.75) is 31.7 Å². The van der Waals surface area contributed by atoms with Crippen molar-refractivity contribution in [2.75, 3.05) is 40.3 Å². The fourth-order valence-electron chi connectivity index (χ4n) is 3.06. The van der Waals surface area contributed by atoms with Crippen molar-refractivity contribution in [3.63, 3.8) is 0 Å². The van der Waals surface area contributed by atoms with E-state index in [1.165, 1.54) is 19.4 Å². The second kappa shape index (κ2) is 5.83. The third-order valence-corrected chi connectivity index (χ3v) is 3.99. The molecule has 1 unspecified atom stereocenters. The minimum absolute atomic E-state index is 0.0846. The van der Waals surface area contributed by atoms with Gasteiger partial charge in [-0.15, -0.1) is 0 Å². The van der Waals surface area contributed by atoms with Gasteiger partial charge in [0, 0.05) is 20.1 Å². The molecule has 2 heterocycles. The number of hydrogen-bond acceptors (Lipinski definition) is 3. The number of carbonyl (C=O) groups excluding carboxylic acids is 1. The number of amides is 1. The van der Waals surface area contributed by atoms with Crippen molar-refractivity contribution < 1.29 is 4.79 Å². The predicted molar refractivity (Wildman–Crippen MR) is 68.9 cm³/mol. The summed E-state index contributed by atoms with van der Waals surface area (Å²) in [6.07, 6.45) is 4.68. The molecule has 4 heteroatoms. The van der Waals surface area contributed by atoms with Crippen LogP contribution in [0, 0.1) is 5.92 Å². The first kappa shape index (κ1) is 12.8. The summed E-state index contributed by atoms with van der Waals surface area (Å²) in [6.45, 7) is 4.26. The lowest BCUT2D eigenvalue weighted by Crippen LogP contribution is -2.45. The van der Waals surface area contributed by atoms with Crippen LogP contribution < -0.4 is 5.32 Å². The highest BCUT2D eigenvalue weighted by Crippen LogP contribution is 2.17. The Bertz CT molecular complexity index is 263. The van der Waals surface area contributed by atoms with Gasteiger partial charge < -0.3 is 15.1 Å². The molecule has 2 aliphatic rings. The zero-order chi connectivity index (χ0) is 12.3. The minimum Gasteiger partial charge on any atom is -0.344 e. The molecule has 4 nitrogen and oxygen atoms in total. The zero-order valence-electron chi connectivity index (χ0n) is 11.1. The molecule has 0 saturated carbocycles. The molecule has 2 aliphatic heterocycles. The highest BCUT2D eigenvalue weighted by atomic mass is 16.2. The topological polar surface area (TPSA) is 35.6 Å². The number of rotatable bonds is 3. The van der Waals surface area contributed by atoms with Gasteiger partial charge in [0.1, 0.15) is 0 Å². The van der Waals surface area contributed by atoms with Crippen molar-refractivity contribution in [1.29, 1.82) is 0 Å². The Hall–Kier alpha value is -0.610. The Morgan fingerprint density at radius 3 is 2.88 bits per heavy atom. The van der Waals surface area contributed by atoms with Crippen LogP contribution in [0.4, 0.5) is 0 Å². The van der Waals surface area contributed by atoms with Crippen molar-refractivity contribution in [1.82, 2.24) is 15.1 Å². The fourth-order valence-corrected chi connectivity index (χ4v) is 3.06. The SMILES string of the molecule is CN1CCCC(CN(C)C(=O)[C@@H]2CCCN2)C1. The number of nitrogens with one attached hydrogen (secondary N) is 1. The van der Waals surface area contributed by atoms with Crippen LogP contribution in [0.5, 0.6) is 0 Å². The second-order valence-corrected chi connectivity index (χ2v) is 5.64. The van der Waals surface area contributed by atoms with E-state index in [0.29, 0.717) is 5.92 Å². The van der Waals surface area contributed by atoms with E-state index in [4.69, 9.17) is 0 Å². The minimum atomic E-state index is 0.0846. The first-order valence-corrected chi connectivity index (χ1v) is 6.83. The highest BCUT2D eigenvalue weighted by molar-refractivity contribution is 5.81. The number of nitrogens with zero attached hydrogens (tertiary/aromatic N) is 2. The molecule has 2 rings (SSSR count).